The van der Waals surface area contributed by atoms with Crippen molar-refractivity contribution in [2.24, 2.45) is 0 Å². The molecule has 112 valence electrons. The van der Waals surface area contributed by atoms with Crippen LogP contribution in [0.3, 0.4) is 0 Å². The summed E-state index contributed by atoms with van der Waals surface area (Å²) < 4.78 is 1.11. The number of halogens is 1. The van der Waals surface area contributed by atoms with Gasteiger partial charge in [-0.05, 0) is 73.7 Å². The smallest absolute Gasteiger partial charge is 0.124 e. The quantitative estimate of drug-likeness (QED) is 0.413. The van der Waals surface area contributed by atoms with Gasteiger partial charge in [-0.2, -0.15) is 0 Å². The van der Waals surface area contributed by atoms with Crippen molar-refractivity contribution in [3.63, 3.8) is 0 Å². The molecule has 0 aliphatic carbocycles. The van der Waals surface area contributed by atoms with Crippen LogP contribution in [0.5, 0.6) is 5.75 Å². The highest BCUT2D eigenvalue weighted by Gasteiger charge is 2.13. The van der Waals surface area contributed by atoms with E-state index in [4.69, 9.17) is 0 Å². The summed E-state index contributed by atoms with van der Waals surface area (Å²) in [5.74, 6) is 0.315. The van der Waals surface area contributed by atoms with E-state index in [2.05, 4.69) is 53.2 Å². The summed E-state index contributed by atoms with van der Waals surface area (Å²) >= 11 is 3.68. The molecule has 0 spiro atoms. The van der Waals surface area contributed by atoms with Gasteiger partial charge in [-0.1, -0.05) is 48.5 Å². The molecule has 23 heavy (non-hydrogen) atoms. The van der Waals surface area contributed by atoms with Crippen molar-refractivity contribution in [3.05, 3.63) is 76.8 Å². The van der Waals surface area contributed by atoms with Crippen molar-refractivity contribution in [1.82, 2.24) is 0 Å². The minimum absolute atomic E-state index is 0.315. The van der Waals surface area contributed by atoms with E-state index in [9.17, 15) is 5.11 Å². The van der Waals surface area contributed by atoms with E-state index in [0.717, 1.165) is 42.7 Å². The minimum atomic E-state index is 0.315. The van der Waals surface area contributed by atoms with E-state index in [-0.39, 0.29) is 0 Å². The topological polar surface area (TPSA) is 20.2 Å². The molecule has 0 aromatic heterocycles. The summed E-state index contributed by atoms with van der Waals surface area (Å²) in [5, 5.41) is 15.0. The van der Waals surface area contributed by atoms with Crippen molar-refractivity contribution in [3.8, 4) is 16.9 Å². The molecule has 4 aromatic carbocycles. The van der Waals surface area contributed by atoms with Gasteiger partial charge in [-0.3, -0.25) is 0 Å². The number of benzene rings is 4. The lowest BCUT2D eigenvalue weighted by Crippen LogP contribution is -1.87. The van der Waals surface area contributed by atoms with Gasteiger partial charge in [0.2, 0.25) is 0 Å². The van der Waals surface area contributed by atoms with Gasteiger partial charge < -0.3 is 5.11 Å². The largest absolute Gasteiger partial charge is 0.507 e. The highest BCUT2D eigenvalue weighted by Crippen LogP contribution is 2.40. The van der Waals surface area contributed by atoms with Gasteiger partial charge in [-0.25, -0.2) is 0 Å². The molecule has 0 amide bonds. The fourth-order valence-corrected chi connectivity index (χ4v) is 3.61. The van der Waals surface area contributed by atoms with Crippen molar-refractivity contribution < 1.29 is 5.11 Å². The Hall–Kier alpha value is -2.32. The Labute approximate surface area is 143 Å². The van der Waals surface area contributed by atoms with E-state index < -0.39 is 0 Å². The first-order valence-corrected chi connectivity index (χ1v) is 8.34. The van der Waals surface area contributed by atoms with Crippen LogP contribution < -0.4 is 0 Å². The van der Waals surface area contributed by atoms with E-state index in [1.165, 1.54) is 0 Å². The molecule has 4 aromatic rings. The van der Waals surface area contributed by atoms with Crippen LogP contribution in [-0.2, 0) is 0 Å². The molecular formula is C21H15BrO. The summed E-state index contributed by atoms with van der Waals surface area (Å²) in [6.45, 7) is 2.08. The van der Waals surface area contributed by atoms with E-state index in [0.29, 0.717) is 5.75 Å². The fraction of sp³-hybridized carbons (Fsp3) is 0.0476. The Morgan fingerprint density at radius 1 is 0.739 bits per heavy atom. The van der Waals surface area contributed by atoms with Crippen molar-refractivity contribution in [2.45, 2.75) is 6.92 Å². The monoisotopic (exact) mass is 362 g/mol. The van der Waals surface area contributed by atoms with Crippen LogP contribution in [0, 0.1) is 6.92 Å². The summed E-state index contributed by atoms with van der Waals surface area (Å²) in [4.78, 5) is 0. The molecular weight excluding hydrogens is 348 g/mol. The highest BCUT2D eigenvalue weighted by molar-refractivity contribution is 9.10. The molecule has 0 atom stereocenters. The molecule has 1 nitrogen and oxygen atoms in total. The van der Waals surface area contributed by atoms with Gasteiger partial charge in [0.25, 0.3) is 0 Å². The van der Waals surface area contributed by atoms with E-state index in [1.807, 2.05) is 36.4 Å². The van der Waals surface area contributed by atoms with Gasteiger partial charge in [0.15, 0.2) is 0 Å². The van der Waals surface area contributed by atoms with Crippen LogP contribution >= 0.6 is 15.9 Å². The maximum Gasteiger partial charge on any atom is 0.124 e. The molecule has 0 bridgehead atoms. The maximum atomic E-state index is 10.6. The average Bonchev–Trinajstić information content (AvgIpc) is 2.58. The Morgan fingerprint density at radius 2 is 1.35 bits per heavy atom. The number of aromatic hydroxyl groups is 1. The van der Waals surface area contributed by atoms with Crippen LogP contribution in [0.4, 0.5) is 0 Å². The Morgan fingerprint density at radius 3 is 2.09 bits per heavy atom. The van der Waals surface area contributed by atoms with E-state index >= 15 is 0 Å². The molecule has 1 N–H and O–H groups in total. The second-order valence-corrected chi connectivity index (χ2v) is 6.61. The lowest BCUT2D eigenvalue weighted by atomic mass is 9.93. The zero-order chi connectivity index (χ0) is 16.0. The lowest BCUT2D eigenvalue weighted by molar-refractivity contribution is 0.478. The average molecular weight is 363 g/mol. The second-order valence-electron chi connectivity index (χ2n) is 5.82. The first kappa shape index (κ1) is 14.3. The van der Waals surface area contributed by atoms with E-state index in [1.54, 1.807) is 0 Å². The molecule has 0 radical (unpaired) electrons. The molecule has 2 heteroatoms. The maximum absolute atomic E-state index is 10.6. The first-order chi connectivity index (χ1) is 11.1. The van der Waals surface area contributed by atoms with Gasteiger partial charge >= 0.3 is 0 Å². The van der Waals surface area contributed by atoms with Gasteiger partial charge in [0, 0.05) is 10.0 Å². The Balaban J connectivity index is 2.10. The van der Waals surface area contributed by atoms with Gasteiger partial charge in [-0.15, -0.1) is 0 Å². The number of hydrogen-bond donors (Lipinski definition) is 1. The van der Waals surface area contributed by atoms with Crippen molar-refractivity contribution in [2.75, 3.05) is 0 Å². The number of hydrogen-bond acceptors (Lipinski definition) is 1. The molecule has 0 aliphatic rings. The minimum Gasteiger partial charge on any atom is -0.507 e. The van der Waals surface area contributed by atoms with Crippen molar-refractivity contribution >= 4 is 37.5 Å². The molecule has 0 saturated heterocycles. The third-order valence-electron chi connectivity index (χ3n) is 4.31. The predicted octanol–water partition coefficient (Wildman–Crippen LogP) is 6.44. The van der Waals surface area contributed by atoms with Crippen LogP contribution in [0.1, 0.15) is 5.56 Å². The normalized spacial score (nSPS) is 11.2. The molecule has 4 rings (SSSR count). The molecule has 0 aliphatic heterocycles. The number of aryl methyl sites for hydroxylation is 1. The van der Waals surface area contributed by atoms with Crippen LogP contribution in [0.2, 0.25) is 0 Å². The Bertz CT molecular complexity index is 1050. The predicted molar refractivity (Wildman–Crippen MR) is 101 cm³/mol. The standard InChI is InChI=1S/C21H15BrO/c1-13-10-18(16-8-4-5-9-17(16)21(13)22)19-11-14-6-2-3-7-15(14)12-20(19)23/h2-12,23H,1H3. The molecule has 0 fully saturated rings. The van der Waals surface area contributed by atoms with Crippen LogP contribution in [0.15, 0.2) is 71.2 Å². The van der Waals surface area contributed by atoms with Crippen LogP contribution in [0.25, 0.3) is 32.7 Å². The first-order valence-electron chi connectivity index (χ1n) is 7.55. The molecule has 0 saturated carbocycles. The lowest BCUT2D eigenvalue weighted by Gasteiger charge is -2.13. The second kappa shape index (κ2) is 5.39. The third kappa shape index (κ3) is 2.30. The number of phenols is 1. The third-order valence-corrected chi connectivity index (χ3v) is 5.37. The Kier molecular flexibility index (Phi) is 3.35. The summed E-state index contributed by atoms with van der Waals surface area (Å²) in [7, 11) is 0. The highest BCUT2D eigenvalue weighted by atomic mass is 79.9. The number of phenolic OH excluding ortho intramolecular Hbond substituents is 1. The SMILES string of the molecule is Cc1cc(-c2cc3ccccc3cc2O)c2ccccc2c1Br. The van der Waals surface area contributed by atoms with Crippen LogP contribution in [-0.4, -0.2) is 5.11 Å². The summed E-state index contributed by atoms with van der Waals surface area (Å²) in [5.41, 5.74) is 3.09. The summed E-state index contributed by atoms with van der Waals surface area (Å²) in [6, 6.07) is 22.4. The van der Waals surface area contributed by atoms with Gasteiger partial charge in [0.05, 0.1) is 0 Å². The summed E-state index contributed by atoms with van der Waals surface area (Å²) in [6.07, 6.45) is 0. The van der Waals surface area contributed by atoms with Crippen molar-refractivity contribution in [1.29, 1.82) is 0 Å². The zero-order valence-electron chi connectivity index (χ0n) is 12.7. The molecule has 0 heterocycles. The van der Waals surface area contributed by atoms with Gasteiger partial charge in [0.1, 0.15) is 5.75 Å². The number of rotatable bonds is 1. The molecule has 0 unspecified atom stereocenters. The number of fused-ring (bicyclic) bond motifs is 2. The fourth-order valence-electron chi connectivity index (χ4n) is 3.15. The zero-order valence-corrected chi connectivity index (χ0v) is 14.3.